The molecule has 9 heteroatoms. The lowest BCUT2D eigenvalue weighted by molar-refractivity contribution is -0.140. The third-order valence-corrected chi connectivity index (χ3v) is 5.21. The average molecular weight is 366 g/mol. The Morgan fingerprint density at radius 3 is 2.72 bits per heavy atom. The first kappa shape index (κ1) is 16.1. The van der Waals surface area contributed by atoms with E-state index in [1.54, 1.807) is 0 Å². The molecule has 0 saturated carbocycles. The van der Waals surface area contributed by atoms with E-state index in [2.05, 4.69) is 10.1 Å². The number of aryl methyl sites for hydroxylation is 1. The summed E-state index contributed by atoms with van der Waals surface area (Å²) in [4.78, 5) is 5.58. The zero-order chi connectivity index (χ0) is 17.8. The molecule has 25 heavy (non-hydrogen) atoms. The van der Waals surface area contributed by atoms with Crippen LogP contribution >= 0.6 is 11.3 Å². The number of halogens is 3. The standard InChI is InChI=1S/C16H13F3N4OS/c1-22-15-10(14(21-22)16(17,18)19)6-9(25-15)7-23-12-5-3-2-4-11(12)20-13(23)8-24/h2-6,24H,7-8H2,1H3. The van der Waals surface area contributed by atoms with E-state index in [0.717, 1.165) is 15.9 Å². The number of aliphatic hydroxyl groups is 1. The van der Waals surface area contributed by atoms with Gasteiger partial charge in [0.05, 0.1) is 17.6 Å². The molecule has 1 aromatic carbocycles. The van der Waals surface area contributed by atoms with E-state index in [1.807, 2.05) is 28.8 Å². The molecule has 5 nitrogen and oxygen atoms in total. The summed E-state index contributed by atoms with van der Waals surface area (Å²) in [5, 5.41) is 13.2. The Kier molecular flexibility index (Phi) is 3.58. The van der Waals surface area contributed by atoms with E-state index in [-0.39, 0.29) is 12.0 Å². The summed E-state index contributed by atoms with van der Waals surface area (Å²) in [6.07, 6.45) is -4.49. The van der Waals surface area contributed by atoms with Crippen LogP contribution in [0.3, 0.4) is 0 Å². The summed E-state index contributed by atoms with van der Waals surface area (Å²) in [7, 11) is 1.50. The average Bonchev–Trinajstić information content (AvgIpc) is 3.21. The first-order valence-corrected chi connectivity index (χ1v) is 8.27. The van der Waals surface area contributed by atoms with Crippen molar-refractivity contribution in [3.63, 3.8) is 0 Å². The van der Waals surface area contributed by atoms with Crippen LogP contribution in [0, 0.1) is 0 Å². The number of aliphatic hydroxyl groups excluding tert-OH is 1. The number of imidazole rings is 1. The van der Waals surface area contributed by atoms with Gasteiger partial charge in [-0.15, -0.1) is 11.3 Å². The third-order valence-electron chi connectivity index (χ3n) is 4.02. The zero-order valence-electron chi connectivity index (χ0n) is 13.1. The van der Waals surface area contributed by atoms with E-state index in [0.29, 0.717) is 17.2 Å². The largest absolute Gasteiger partial charge is 0.435 e. The predicted octanol–water partition coefficient (Wildman–Crippen LogP) is 3.54. The van der Waals surface area contributed by atoms with E-state index >= 15 is 0 Å². The topological polar surface area (TPSA) is 55.9 Å². The van der Waals surface area contributed by atoms with Crippen molar-refractivity contribution in [1.29, 1.82) is 0 Å². The molecule has 0 saturated heterocycles. The highest BCUT2D eigenvalue weighted by Crippen LogP contribution is 2.37. The SMILES string of the molecule is Cn1nc(C(F)(F)F)c2cc(Cn3c(CO)nc4ccccc43)sc21. The molecule has 0 aliphatic rings. The van der Waals surface area contributed by atoms with Crippen molar-refractivity contribution in [3.05, 3.63) is 46.7 Å². The van der Waals surface area contributed by atoms with Crippen molar-refractivity contribution in [3.8, 4) is 0 Å². The number of para-hydroxylation sites is 2. The molecule has 0 bridgehead atoms. The molecule has 3 heterocycles. The van der Waals surface area contributed by atoms with Gasteiger partial charge in [-0.05, 0) is 18.2 Å². The summed E-state index contributed by atoms with van der Waals surface area (Å²) in [5.74, 6) is 0.479. The molecule has 0 atom stereocenters. The maximum atomic E-state index is 13.1. The number of rotatable bonds is 3. The van der Waals surface area contributed by atoms with Crippen LogP contribution in [-0.2, 0) is 26.4 Å². The highest BCUT2D eigenvalue weighted by molar-refractivity contribution is 7.18. The number of alkyl halides is 3. The molecular formula is C16H13F3N4OS. The van der Waals surface area contributed by atoms with Crippen LogP contribution in [0.1, 0.15) is 16.4 Å². The fourth-order valence-corrected chi connectivity index (χ4v) is 4.01. The number of hydrogen-bond acceptors (Lipinski definition) is 4. The highest BCUT2D eigenvalue weighted by Gasteiger charge is 2.37. The molecule has 1 N–H and O–H groups in total. The lowest BCUT2D eigenvalue weighted by Gasteiger charge is -2.06. The second kappa shape index (κ2) is 5.57. The number of thiophene rings is 1. The predicted molar refractivity (Wildman–Crippen MR) is 88.4 cm³/mol. The second-order valence-corrected chi connectivity index (χ2v) is 6.78. The van der Waals surface area contributed by atoms with Gasteiger partial charge in [0.15, 0.2) is 5.69 Å². The van der Waals surface area contributed by atoms with Crippen molar-refractivity contribution >= 4 is 32.6 Å². The first-order valence-electron chi connectivity index (χ1n) is 7.46. The lowest BCUT2D eigenvalue weighted by atomic mass is 10.2. The Morgan fingerprint density at radius 2 is 2.00 bits per heavy atom. The fourth-order valence-electron chi connectivity index (χ4n) is 2.96. The second-order valence-electron chi connectivity index (χ2n) is 5.66. The summed E-state index contributed by atoms with van der Waals surface area (Å²) >= 11 is 1.26. The highest BCUT2D eigenvalue weighted by atomic mass is 32.1. The molecule has 0 spiro atoms. The van der Waals surface area contributed by atoms with Crippen LogP contribution in [-0.4, -0.2) is 24.4 Å². The third kappa shape index (κ3) is 2.59. The normalized spacial score (nSPS) is 12.5. The summed E-state index contributed by atoms with van der Waals surface area (Å²) in [6, 6.07) is 8.94. The Morgan fingerprint density at radius 1 is 1.24 bits per heavy atom. The van der Waals surface area contributed by atoms with Gasteiger partial charge in [-0.3, -0.25) is 4.68 Å². The van der Waals surface area contributed by atoms with E-state index < -0.39 is 11.9 Å². The summed E-state index contributed by atoms with van der Waals surface area (Å²) in [6.45, 7) is 0.0992. The van der Waals surface area contributed by atoms with E-state index in [4.69, 9.17) is 0 Å². The van der Waals surface area contributed by atoms with Crippen LogP contribution in [0.25, 0.3) is 21.3 Å². The minimum atomic E-state index is -4.49. The van der Waals surface area contributed by atoms with Gasteiger partial charge in [0.2, 0.25) is 0 Å². The van der Waals surface area contributed by atoms with E-state index in [9.17, 15) is 18.3 Å². The molecule has 3 aromatic heterocycles. The number of fused-ring (bicyclic) bond motifs is 2. The van der Waals surface area contributed by atoms with Gasteiger partial charge in [0.1, 0.15) is 17.3 Å². The molecule has 0 radical (unpaired) electrons. The zero-order valence-corrected chi connectivity index (χ0v) is 13.9. The van der Waals surface area contributed by atoms with E-state index in [1.165, 1.54) is 29.1 Å². The molecule has 0 amide bonds. The van der Waals surface area contributed by atoms with Crippen molar-refractivity contribution in [2.75, 3.05) is 0 Å². The van der Waals surface area contributed by atoms with Gasteiger partial charge in [0, 0.05) is 17.3 Å². The number of hydrogen-bond donors (Lipinski definition) is 1. The number of nitrogens with zero attached hydrogens (tertiary/aromatic N) is 4. The Labute approximate surface area is 143 Å². The molecular weight excluding hydrogens is 353 g/mol. The van der Waals surface area contributed by atoms with Crippen molar-refractivity contribution in [2.45, 2.75) is 19.3 Å². The van der Waals surface area contributed by atoms with Crippen LogP contribution in [0.4, 0.5) is 13.2 Å². The van der Waals surface area contributed by atoms with Crippen LogP contribution in [0.5, 0.6) is 0 Å². The van der Waals surface area contributed by atoms with Gasteiger partial charge in [-0.2, -0.15) is 18.3 Å². The Bertz CT molecular complexity index is 1080. The maximum absolute atomic E-state index is 13.1. The quantitative estimate of drug-likeness (QED) is 0.603. The maximum Gasteiger partial charge on any atom is 0.435 e. The van der Waals surface area contributed by atoms with Gasteiger partial charge in [-0.25, -0.2) is 4.98 Å². The molecule has 130 valence electrons. The molecule has 0 fully saturated rings. The molecule has 0 aliphatic carbocycles. The molecule has 0 unspecified atom stereocenters. The fraction of sp³-hybridized carbons (Fsp3) is 0.250. The van der Waals surface area contributed by atoms with Gasteiger partial charge in [-0.1, -0.05) is 12.1 Å². The lowest BCUT2D eigenvalue weighted by Crippen LogP contribution is -2.07. The van der Waals surface area contributed by atoms with Crippen LogP contribution < -0.4 is 0 Å². The van der Waals surface area contributed by atoms with Crippen molar-refractivity contribution in [1.82, 2.24) is 19.3 Å². The van der Waals surface area contributed by atoms with Crippen LogP contribution in [0.15, 0.2) is 30.3 Å². The molecule has 4 rings (SSSR count). The van der Waals surface area contributed by atoms with Crippen molar-refractivity contribution < 1.29 is 18.3 Å². The number of aromatic nitrogens is 4. The van der Waals surface area contributed by atoms with Crippen LogP contribution in [0.2, 0.25) is 0 Å². The minimum Gasteiger partial charge on any atom is -0.388 e. The van der Waals surface area contributed by atoms with Crippen molar-refractivity contribution in [2.24, 2.45) is 7.05 Å². The molecule has 0 aliphatic heterocycles. The molecule has 4 aromatic rings. The van der Waals surface area contributed by atoms with Gasteiger partial charge < -0.3 is 9.67 Å². The Hall–Kier alpha value is -2.39. The number of benzene rings is 1. The smallest absolute Gasteiger partial charge is 0.388 e. The summed E-state index contributed by atoms with van der Waals surface area (Å²) in [5.41, 5.74) is 0.703. The Balaban J connectivity index is 1.82. The first-order chi connectivity index (χ1) is 11.9. The summed E-state index contributed by atoms with van der Waals surface area (Å²) < 4.78 is 42.5. The monoisotopic (exact) mass is 366 g/mol. The minimum absolute atomic E-state index is 0.102. The van der Waals surface area contributed by atoms with Gasteiger partial charge >= 0.3 is 6.18 Å². The van der Waals surface area contributed by atoms with Gasteiger partial charge in [0.25, 0.3) is 0 Å².